The lowest BCUT2D eigenvalue weighted by Gasteiger charge is -2.01. The number of pyridine rings is 1. The fraction of sp³-hybridized carbons (Fsp3) is 0. The Kier molecular flexibility index (Phi) is 2.25. The molecule has 2 aromatic carbocycles. The van der Waals surface area contributed by atoms with E-state index in [1.54, 1.807) is 0 Å². The lowest BCUT2D eigenvalue weighted by Crippen LogP contribution is -1.82. The third kappa shape index (κ3) is 1.54. The van der Waals surface area contributed by atoms with Gasteiger partial charge in [-0.1, -0.05) is 41.4 Å². The lowest BCUT2D eigenvalue weighted by atomic mass is 10.2. The first kappa shape index (κ1) is 11.1. The van der Waals surface area contributed by atoms with Crippen LogP contribution in [0.15, 0.2) is 42.5 Å². The van der Waals surface area contributed by atoms with Gasteiger partial charge in [-0.05, 0) is 24.3 Å². The highest BCUT2D eigenvalue weighted by atomic mass is 35.5. The van der Waals surface area contributed by atoms with Crippen molar-refractivity contribution in [3.05, 3.63) is 52.5 Å². The van der Waals surface area contributed by atoms with Gasteiger partial charge >= 0.3 is 0 Å². The summed E-state index contributed by atoms with van der Waals surface area (Å²) in [6, 6.07) is 13.6. The number of para-hydroxylation sites is 1. The Morgan fingerprint density at radius 2 is 1.79 bits per heavy atom. The number of nitrogens with zero attached hydrogens (tertiary/aromatic N) is 1. The predicted octanol–water partition coefficient (Wildman–Crippen LogP) is 5.18. The number of nitrogens with one attached hydrogen (secondary N) is 1. The Morgan fingerprint density at radius 3 is 2.68 bits per heavy atom. The lowest BCUT2D eigenvalue weighted by molar-refractivity contribution is 1.49. The molecule has 0 saturated carbocycles. The molecule has 0 unspecified atom stereocenters. The van der Waals surface area contributed by atoms with Crippen LogP contribution in [-0.4, -0.2) is 9.97 Å². The molecule has 1 N–H and O–H groups in total. The minimum absolute atomic E-state index is 0.694. The topological polar surface area (TPSA) is 28.7 Å². The van der Waals surface area contributed by atoms with Crippen LogP contribution in [0.2, 0.25) is 10.0 Å². The Balaban J connectivity index is 2.29. The van der Waals surface area contributed by atoms with Crippen LogP contribution in [0.5, 0.6) is 0 Å². The van der Waals surface area contributed by atoms with E-state index in [9.17, 15) is 0 Å². The van der Waals surface area contributed by atoms with Crippen LogP contribution in [-0.2, 0) is 0 Å². The molecule has 4 rings (SSSR count). The average molecular weight is 287 g/mol. The minimum atomic E-state index is 0.694. The summed E-state index contributed by atoms with van der Waals surface area (Å²) in [6.45, 7) is 0. The fourth-order valence-electron chi connectivity index (χ4n) is 2.44. The highest BCUT2D eigenvalue weighted by Crippen LogP contribution is 2.34. The van der Waals surface area contributed by atoms with Gasteiger partial charge in [0.1, 0.15) is 0 Å². The summed E-state index contributed by atoms with van der Waals surface area (Å²) in [4.78, 5) is 8.00. The van der Waals surface area contributed by atoms with E-state index in [2.05, 4.69) is 4.98 Å². The quantitative estimate of drug-likeness (QED) is 0.474. The van der Waals surface area contributed by atoms with Crippen molar-refractivity contribution in [3.8, 4) is 0 Å². The van der Waals surface area contributed by atoms with Gasteiger partial charge in [-0.15, -0.1) is 0 Å². The maximum absolute atomic E-state index is 6.48. The van der Waals surface area contributed by atoms with Crippen molar-refractivity contribution in [2.45, 2.75) is 0 Å². The molecular formula is C15H8Cl2N2. The van der Waals surface area contributed by atoms with Crippen molar-refractivity contribution in [3.63, 3.8) is 0 Å². The number of H-pyrrole nitrogens is 1. The van der Waals surface area contributed by atoms with Crippen molar-refractivity contribution in [1.82, 2.24) is 9.97 Å². The summed E-state index contributed by atoms with van der Waals surface area (Å²) in [7, 11) is 0. The maximum atomic E-state index is 6.48. The van der Waals surface area contributed by atoms with Gasteiger partial charge in [0, 0.05) is 21.3 Å². The molecule has 4 aromatic rings. The molecule has 0 bridgehead atoms. The van der Waals surface area contributed by atoms with Crippen LogP contribution in [0.3, 0.4) is 0 Å². The van der Waals surface area contributed by atoms with Crippen molar-refractivity contribution >= 4 is 56.0 Å². The molecule has 0 spiro atoms. The van der Waals surface area contributed by atoms with Crippen molar-refractivity contribution < 1.29 is 0 Å². The molecule has 0 fully saturated rings. The zero-order valence-corrected chi connectivity index (χ0v) is 11.3. The van der Waals surface area contributed by atoms with Gasteiger partial charge in [-0.25, -0.2) is 4.98 Å². The second-order valence-electron chi connectivity index (χ2n) is 4.48. The SMILES string of the molecule is Clc1ccc2c(c1)[nH]c1c(Cl)c3ccccc3nc12. The Hall–Kier alpha value is -1.77. The first-order valence-corrected chi connectivity index (χ1v) is 6.65. The van der Waals surface area contributed by atoms with Crippen molar-refractivity contribution in [2.24, 2.45) is 0 Å². The third-order valence-electron chi connectivity index (χ3n) is 3.33. The van der Waals surface area contributed by atoms with Crippen LogP contribution in [0, 0.1) is 0 Å². The highest BCUT2D eigenvalue weighted by molar-refractivity contribution is 6.41. The number of rotatable bonds is 0. The molecule has 4 heteroatoms. The van der Waals surface area contributed by atoms with Crippen LogP contribution in [0.4, 0.5) is 0 Å². The Labute approximate surface area is 119 Å². The predicted molar refractivity (Wildman–Crippen MR) is 81.1 cm³/mol. The summed E-state index contributed by atoms with van der Waals surface area (Å²) in [5.41, 5.74) is 3.59. The molecule has 0 aliphatic carbocycles. The van der Waals surface area contributed by atoms with E-state index in [4.69, 9.17) is 28.2 Å². The maximum Gasteiger partial charge on any atom is 0.0980 e. The molecule has 2 nitrogen and oxygen atoms in total. The van der Waals surface area contributed by atoms with Gasteiger partial charge in [0.05, 0.1) is 21.6 Å². The first-order valence-electron chi connectivity index (χ1n) is 5.89. The second kappa shape index (κ2) is 3.86. The standard InChI is InChI=1S/C15H8Cl2N2/c16-8-5-6-10-12(7-8)19-15-13(17)9-3-1-2-4-11(9)18-14(10)15/h1-7,19H. The van der Waals surface area contributed by atoms with E-state index in [0.717, 1.165) is 32.8 Å². The zero-order chi connectivity index (χ0) is 13.0. The third-order valence-corrected chi connectivity index (χ3v) is 3.95. The van der Waals surface area contributed by atoms with Crippen molar-refractivity contribution in [1.29, 1.82) is 0 Å². The molecular weight excluding hydrogens is 279 g/mol. The molecule has 2 aromatic heterocycles. The van der Waals surface area contributed by atoms with Crippen LogP contribution >= 0.6 is 23.2 Å². The number of halogens is 2. The monoisotopic (exact) mass is 286 g/mol. The molecule has 0 aliphatic heterocycles. The first-order chi connectivity index (χ1) is 9.24. The Morgan fingerprint density at radius 1 is 0.947 bits per heavy atom. The summed E-state index contributed by atoms with van der Waals surface area (Å²) >= 11 is 12.5. The zero-order valence-electron chi connectivity index (χ0n) is 9.74. The van der Waals surface area contributed by atoms with E-state index in [1.165, 1.54) is 0 Å². The van der Waals surface area contributed by atoms with Crippen LogP contribution < -0.4 is 0 Å². The number of aromatic nitrogens is 2. The number of aromatic amines is 1. The van der Waals surface area contributed by atoms with Crippen molar-refractivity contribution in [2.75, 3.05) is 0 Å². The molecule has 0 radical (unpaired) electrons. The summed E-state index contributed by atoms with van der Waals surface area (Å²) < 4.78 is 0. The number of hydrogen-bond donors (Lipinski definition) is 1. The molecule has 0 saturated heterocycles. The van der Waals surface area contributed by atoms with Gasteiger partial charge in [0.2, 0.25) is 0 Å². The summed E-state index contributed by atoms with van der Waals surface area (Å²) in [5, 5.41) is 3.38. The molecule has 0 amide bonds. The molecule has 2 heterocycles. The molecule has 19 heavy (non-hydrogen) atoms. The molecule has 0 atom stereocenters. The van der Waals surface area contributed by atoms with Gasteiger partial charge in [-0.3, -0.25) is 0 Å². The van der Waals surface area contributed by atoms with Gasteiger partial charge in [0.15, 0.2) is 0 Å². The average Bonchev–Trinajstić information content (AvgIpc) is 2.77. The van der Waals surface area contributed by atoms with Crippen LogP contribution in [0.1, 0.15) is 0 Å². The normalized spacial score (nSPS) is 11.7. The van der Waals surface area contributed by atoms with E-state index in [0.29, 0.717) is 10.0 Å². The Bertz CT molecular complexity index is 941. The summed E-state index contributed by atoms with van der Waals surface area (Å²) in [6.07, 6.45) is 0. The smallest absolute Gasteiger partial charge is 0.0980 e. The molecule has 0 aliphatic rings. The van der Waals surface area contributed by atoms with Gasteiger partial charge in [0.25, 0.3) is 0 Å². The van der Waals surface area contributed by atoms with E-state index < -0.39 is 0 Å². The largest absolute Gasteiger partial charge is 0.352 e. The molecule has 92 valence electrons. The van der Waals surface area contributed by atoms with Gasteiger partial charge < -0.3 is 4.98 Å². The fourth-order valence-corrected chi connectivity index (χ4v) is 2.91. The van der Waals surface area contributed by atoms with Crippen LogP contribution in [0.25, 0.3) is 32.8 Å². The van der Waals surface area contributed by atoms with E-state index in [-0.39, 0.29) is 0 Å². The van der Waals surface area contributed by atoms with Gasteiger partial charge in [-0.2, -0.15) is 0 Å². The number of fused-ring (bicyclic) bond motifs is 4. The van der Waals surface area contributed by atoms with E-state index in [1.807, 2.05) is 42.5 Å². The number of hydrogen-bond acceptors (Lipinski definition) is 1. The van der Waals surface area contributed by atoms with E-state index >= 15 is 0 Å². The highest BCUT2D eigenvalue weighted by Gasteiger charge is 2.12. The minimum Gasteiger partial charge on any atom is -0.352 e. The summed E-state index contributed by atoms with van der Waals surface area (Å²) in [5.74, 6) is 0. The number of benzene rings is 2. The second-order valence-corrected chi connectivity index (χ2v) is 5.30.